The SMILES string of the molecule is CCCCCCCC(=O)NCC(CCC)CCBr. The van der Waals surface area contributed by atoms with Crippen LogP contribution in [0.1, 0.15) is 71.6 Å². The van der Waals surface area contributed by atoms with Gasteiger partial charge in [0.15, 0.2) is 0 Å². The molecule has 0 saturated carbocycles. The maximum atomic E-state index is 11.7. The fourth-order valence-electron chi connectivity index (χ4n) is 2.15. The summed E-state index contributed by atoms with van der Waals surface area (Å²) in [5, 5.41) is 4.12. The van der Waals surface area contributed by atoms with Crippen molar-refractivity contribution < 1.29 is 4.79 Å². The van der Waals surface area contributed by atoms with Gasteiger partial charge in [0.1, 0.15) is 0 Å². The molecule has 0 aliphatic carbocycles. The molecule has 18 heavy (non-hydrogen) atoms. The summed E-state index contributed by atoms with van der Waals surface area (Å²) in [6, 6.07) is 0. The molecule has 1 unspecified atom stereocenters. The lowest BCUT2D eigenvalue weighted by molar-refractivity contribution is -0.121. The molecule has 0 radical (unpaired) electrons. The molecule has 0 aromatic heterocycles. The Labute approximate surface area is 121 Å². The third-order valence-electron chi connectivity index (χ3n) is 3.31. The minimum Gasteiger partial charge on any atom is -0.356 e. The molecule has 0 bridgehead atoms. The number of amides is 1. The summed E-state index contributed by atoms with van der Waals surface area (Å²) < 4.78 is 0. The fourth-order valence-corrected chi connectivity index (χ4v) is 2.79. The molecular weight excluding hydrogens is 290 g/mol. The number of rotatable bonds is 12. The predicted molar refractivity (Wildman–Crippen MR) is 83.2 cm³/mol. The Morgan fingerprint density at radius 1 is 1.06 bits per heavy atom. The van der Waals surface area contributed by atoms with Crippen LogP contribution in [0.4, 0.5) is 0 Å². The zero-order valence-electron chi connectivity index (χ0n) is 12.1. The highest BCUT2D eigenvalue weighted by Crippen LogP contribution is 2.12. The topological polar surface area (TPSA) is 29.1 Å². The normalized spacial score (nSPS) is 12.4. The molecule has 1 atom stereocenters. The minimum atomic E-state index is 0.238. The first-order chi connectivity index (χ1) is 8.74. The average Bonchev–Trinajstić information content (AvgIpc) is 2.36. The number of nitrogens with one attached hydrogen (secondary N) is 1. The van der Waals surface area contributed by atoms with Crippen molar-refractivity contribution in [2.75, 3.05) is 11.9 Å². The molecule has 108 valence electrons. The van der Waals surface area contributed by atoms with E-state index in [4.69, 9.17) is 0 Å². The first-order valence-electron chi connectivity index (χ1n) is 7.57. The van der Waals surface area contributed by atoms with Gasteiger partial charge in [0.2, 0.25) is 5.91 Å². The van der Waals surface area contributed by atoms with Gasteiger partial charge >= 0.3 is 0 Å². The maximum Gasteiger partial charge on any atom is 0.220 e. The van der Waals surface area contributed by atoms with Crippen LogP contribution in [0.3, 0.4) is 0 Å². The second kappa shape index (κ2) is 13.4. The number of unbranched alkanes of at least 4 members (excludes halogenated alkanes) is 4. The number of carbonyl (C=O) groups is 1. The van der Waals surface area contributed by atoms with Gasteiger partial charge in [-0.25, -0.2) is 0 Å². The largest absolute Gasteiger partial charge is 0.356 e. The van der Waals surface area contributed by atoms with Crippen molar-refractivity contribution in [1.29, 1.82) is 0 Å². The van der Waals surface area contributed by atoms with Gasteiger partial charge in [-0.05, 0) is 25.2 Å². The molecule has 0 heterocycles. The van der Waals surface area contributed by atoms with Gasteiger partial charge in [-0.3, -0.25) is 4.79 Å². The Kier molecular flexibility index (Phi) is 13.3. The summed E-state index contributed by atoms with van der Waals surface area (Å²) in [4.78, 5) is 11.7. The molecule has 0 saturated heterocycles. The van der Waals surface area contributed by atoms with Crippen molar-refractivity contribution in [3.8, 4) is 0 Å². The zero-order chi connectivity index (χ0) is 13.6. The third kappa shape index (κ3) is 11.1. The van der Waals surface area contributed by atoms with Gasteiger partial charge in [-0.15, -0.1) is 0 Å². The standard InChI is InChI=1S/C15H30BrNO/c1-3-5-6-7-8-10-15(18)17-13-14(9-4-2)11-12-16/h14H,3-13H2,1-2H3,(H,17,18). The van der Waals surface area contributed by atoms with E-state index in [1.807, 2.05) is 0 Å². The molecule has 0 aliphatic rings. The zero-order valence-corrected chi connectivity index (χ0v) is 13.7. The molecule has 0 rings (SSSR count). The van der Waals surface area contributed by atoms with E-state index in [0.717, 1.165) is 24.7 Å². The van der Waals surface area contributed by atoms with Crippen LogP contribution in [0.25, 0.3) is 0 Å². The van der Waals surface area contributed by atoms with Gasteiger partial charge in [-0.2, -0.15) is 0 Å². The van der Waals surface area contributed by atoms with Crippen LogP contribution in [0.5, 0.6) is 0 Å². The highest BCUT2D eigenvalue weighted by Gasteiger charge is 2.08. The molecule has 1 amide bonds. The van der Waals surface area contributed by atoms with E-state index in [9.17, 15) is 4.79 Å². The van der Waals surface area contributed by atoms with Gasteiger partial charge in [0, 0.05) is 18.3 Å². The average molecular weight is 320 g/mol. The highest BCUT2D eigenvalue weighted by atomic mass is 79.9. The van der Waals surface area contributed by atoms with Crippen LogP contribution in [-0.4, -0.2) is 17.8 Å². The number of alkyl halides is 1. The molecular formula is C15H30BrNO. The number of carbonyl (C=O) groups excluding carboxylic acids is 1. The second-order valence-corrected chi connectivity index (χ2v) is 5.89. The van der Waals surface area contributed by atoms with E-state index in [1.165, 1.54) is 38.5 Å². The van der Waals surface area contributed by atoms with E-state index >= 15 is 0 Å². The van der Waals surface area contributed by atoms with E-state index in [-0.39, 0.29) is 5.91 Å². The lowest BCUT2D eigenvalue weighted by Crippen LogP contribution is -2.29. The van der Waals surface area contributed by atoms with Gasteiger partial charge < -0.3 is 5.32 Å². The Morgan fingerprint density at radius 3 is 2.39 bits per heavy atom. The lowest BCUT2D eigenvalue weighted by atomic mass is 10.0. The van der Waals surface area contributed by atoms with Crippen molar-refractivity contribution in [3.05, 3.63) is 0 Å². The van der Waals surface area contributed by atoms with Crippen molar-refractivity contribution in [1.82, 2.24) is 5.32 Å². The molecule has 0 aliphatic heterocycles. The lowest BCUT2D eigenvalue weighted by Gasteiger charge is -2.15. The Balaban J connectivity index is 3.54. The third-order valence-corrected chi connectivity index (χ3v) is 3.77. The summed E-state index contributed by atoms with van der Waals surface area (Å²) in [7, 11) is 0. The summed E-state index contributed by atoms with van der Waals surface area (Å²) in [5.74, 6) is 0.876. The van der Waals surface area contributed by atoms with Crippen LogP contribution in [0.2, 0.25) is 0 Å². The summed E-state index contributed by atoms with van der Waals surface area (Å²) >= 11 is 3.48. The number of hydrogen-bond acceptors (Lipinski definition) is 1. The monoisotopic (exact) mass is 319 g/mol. The van der Waals surface area contributed by atoms with Crippen molar-refractivity contribution >= 4 is 21.8 Å². The molecule has 0 spiro atoms. The summed E-state index contributed by atoms with van der Waals surface area (Å²) in [5.41, 5.74) is 0. The molecule has 2 nitrogen and oxygen atoms in total. The Bertz CT molecular complexity index is 191. The predicted octanol–water partition coefficient (Wildman–Crippen LogP) is 4.66. The Hall–Kier alpha value is -0.0500. The molecule has 0 aromatic carbocycles. The number of halogens is 1. The fraction of sp³-hybridized carbons (Fsp3) is 0.933. The van der Waals surface area contributed by atoms with Gasteiger partial charge in [0.05, 0.1) is 0 Å². The van der Waals surface area contributed by atoms with Gasteiger partial charge in [-0.1, -0.05) is 61.9 Å². The molecule has 1 N–H and O–H groups in total. The van der Waals surface area contributed by atoms with Crippen LogP contribution in [0.15, 0.2) is 0 Å². The highest BCUT2D eigenvalue weighted by molar-refractivity contribution is 9.09. The quantitative estimate of drug-likeness (QED) is 0.411. The van der Waals surface area contributed by atoms with E-state index < -0.39 is 0 Å². The number of hydrogen-bond donors (Lipinski definition) is 1. The Morgan fingerprint density at radius 2 is 1.78 bits per heavy atom. The van der Waals surface area contributed by atoms with Crippen LogP contribution in [-0.2, 0) is 4.79 Å². The van der Waals surface area contributed by atoms with Crippen molar-refractivity contribution in [2.45, 2.75) is 71.6 Å². The van der Waals surface area contributed by atoms with Crippen molar-refractivity contribution in [2.24, 2.45) is 5.92 Å². The van der Waals surface area contributed by atoms with E-state index in [0.29, 0.717) is 12.3 Å². The molecule has 3 heteroatoms. The van der Waals surface area contributed by atoms with Gasteiger partial charge in [0.25, 0.3) is 0 Å². The summed E-state index contributed by atoms with van der Waals surface area (Å²) in [6.07, 6.45) is 10.3. The van der Waals surface area contributed by atoms with Crippen LogP contribution < -0.4 is 5.32 Å². The van der Waals surface area contributed by atoms with Crippen LogP contribution >= 0.6 is 15.9 Å². The summed E-state index contributed by atoms with van der Waals surface area (Å²) in [6.45, 7) is 5.27. The first-order valence-corrected chi connectivity index (χ1v) is 8.69. The van der Waals surface area contributed by atoms with E-state index in [2.05, 4.69) is 35.1 Å². The first kappa shape index (κ1) is 17.9. The minimum absolute atomic E-state index is 0.238. The smallest absolute Gasteiger partial charge is 0.220 e. The van der Waals surface area contributed by atoms with Crippen LogP contribution in [0, 0.1) is 5.92 Å². The molecule has 0 fully saturated rings. The molecule has 0 aromatic rings. The van der Waals surface area contributed by atoms with Crippen molar-refractivity contribution in [3.63, 3.8) is 0 Å². The van der Waals surface area contributed by atoms with E-state index in [1.54, 1.807) is 0 Å². The second-order valence-electron chi connectivity index (χ2n) is 5.10. The maximum absolute atomic E-state index is 11.7.